The Morgan fingerprint density at radius 2 is 2.39 bits per heavy atom. The first-order valence-electron chi connectivity index (χ1n) is 6.35. The molecular weight excluding hydrogens is 232 g/mol. The third kappa shape index (κ3) is 2.80. The van der Waals surface area contributed by atoms with Crippen molar-refractivity contribution in [3.63, 3.8) is 0 Å². The van der Waals surface area contributed by atoms with Crippen LogP contribution in [0.4, 0.5) is 5.69 Å². The van der Waals surface area contributed by atoms with Crippen molar-refractivity contribution in [2.45, 2.75) is 25.5 Å². The first-order valence-corrected chi connectivity index (χ1v) is 6.35. The molecule has 0 amide bonds. The zero-order valence-corrected chi connectivity index (χ0v) is 10.6. The van der Waals surface area contributed by atoms with Crippen LogP contribution in [0.5, 0.6) is 0 Å². The van der Waals surface area contributed by atoms with Gasteiger partial charge < -0.3 is 19.8 Å². The van der Waals surface area contributed by atoms with Crippen molar-refractivity contribution in [1.29, 1.82) is 0 Å². The molecule has 2 N–H and O–H groups in total. The Morgan fingerprint density at radius 3 is 3.00 bits per heavy atom. The highest BCUT2D eigenvalue weighted by molar-refractivity contribution is 5.46. The third-order valence-corrected chi connectivity index (χ3v) is 3.27. The average Bonchev–Trinajstić information content (AvgIpc) is 2.46. The van der Waals surface area contributed by atoms with E-state index >= 15 is 0 Å². The van der Waals surface area contributed by atoms with Crippen molar-refractivity contribution in [1.82, 2.24) is 4.98 Å². The van der Waals surface area contributed by atoms with Gasteiger partial charge in [-0.05, 0) is 18.6 Å². The molecule has 2 heterocycles. The fraction of sp³-hybridized carbons (Fsp3) is 0.615. The average molecular weight is 252 g/mol. The van der Waals surface area contributed by atoms with Gasteiger partial charge >= 0.3 is 0 Å². The minimum Gasteiger partial charge on any atom is -0.394 e. The monoisotopic (exact) mass is 252 g/mol. The second kappa shape index (κ2) is 6.13. The van der Waals surface area contributed by atoms with Crippen LogP contribution in [0.25, 0.3) is 0 Å². The normalized spacial score (nSPS) is 21.9. The Morgan fingerprint density at radius 1 is 1.56 bits per heavy atom. The van der Waals surface area contributed by atoms with E-state index in [-0.39, 0.29) is 12.6 Å². The van der Waals surface area contributed by atoms with Crippen molar-refractivity contribution in [2.75, 3.05) is 31.3 Å². The molecule has 1 unspecified atom stereocenters. The van der Waals surface area contributed by atoms with Gasteiger partial charge in [-0.2, -0.15) is 0 Å². The zero-order chi connectivity index (χ0) is 13.0. The number of hydrogen-bond acceptors (Lipinski definition) is 5. The van der Waals surface area contributed by atoms with Crippen molar-refractivity contribution < 1.29 is 14.9 Å². The van der Waals surface area contributed by atoms with E-state index in [2.05, 4.69) is 9.88 Å². The molecule has 2 rings (SSSR count). The number of aromatic nitrogens is 1. The van der Waals surface area contributed by atoms with Gasteiger partial charge in [-0.15, -0.1) is 0 Å². The summed E-state index contributed by atoms with van der Waals surface area (Å²) in [4.78, 5) is 6.38. The number of aliphatic hydroxyl groups excluding tert-OH is 2. The van der Waals surface area contributed by atoms with Crippen LogP contribution in [0, 0.1) is 0 Å². The van der Waals surface area contributed by atoms with Crippen LogP contribution >= 0.6 is 0 Å². The molecule has 1 aromatic heterocycles. The van der Waals surface area contributed by atoms with E-state index in [9.17, 15) is 10.2 Å². The summed E-state index contributed by atoms with van der Waals surface area (Å²) in [6, 6.07) is 3.77. The fourth-order valence-corrected chi connectivity index (χ4v) is 2.12. The van der Waals surface area contributed by atoms with E-state index in [1.807, 2.05) is 19.1 Å². The molecule has 100 valence electrons. The quantitative estimate of drug-likeness (QED) is 0.826. The van der Waals surface area contributed by atoms with Gasteiger partial charge in [0.25, 0.3) is 0 Å². The van der Waals surface area contributed by atoms with Crippen LogP contribution < -0.4 is 4.90 Å². The fourth-order valence-electron chi connectivity index (χ4n) is 2.12. The lowest BCUT2D eigenvalue weighted by atomic mass is 10.1. The van der Waals surface area contributed by atoms with Crippen LogP contribution in [0.1, 0.15) is 25.1 Å². The van der Waals surface area contributed by atoms with Gasteiger partial charge in [0.2, 0.25) is 0 Å². The molecule has 1 aliphatic heterocycles. The predicted molar refractivity (Wildman–Crippen MR) is 68.5 cm³/mol. The maximum atomic E-state index is 9.69. The minimum atomic E-state index is -0.502. The molecule has 1 saturated heterocycles. The molecule has 0 radical (unpaired) electrons. The number of aliphatic hydroxyl groups is 2. The summed E-state index contributed by atoms with van der Waals surface area (Å²) in [6.07, 6.45) is 1.91. The Balaban J connectivity index is 2.12. The second-order valence-electron chi connectivity index (χ2n) is 4.47. The number of rotatable bonds is 4. The number of hydrogen-bond donors (Lipinski definition) is 2. The maximum Gasteiger partial charge on any atom is 0.0957 e. The molecular formula is C13H20N2O3. The van der Waals surface area contributed by atoms with Gasteiger partial charge in [-0.3, -0.25) is 4.98 Å². The van der Waals surface area contributed by atoms with Crippen LogP contribution in [0.3, 0.4) is 0 Å². The Kier molecular flexibility index (Phi) is 4.52. The highest BCUT2D eigenvalue weighted by Crippen LogP contribution is 2.21. The molecule has 5 heteroatoms. The van der Waals surface area contributed by atoms with Crippen LogP contribution in [0.15, 0.2) is 18.3 Å². The Hall–Kier alpha value is -1.17. The second-order valence-corrected chi connectivity index (χ2v) is 4.47. The molecule has 2 atom stereocenters. The number of ether oxygens (including phenoxy) is 1. The third-order valence-electron chi connectivity index (χ3n) is 3.27. The lowest BCUT2D eigenvalue weighted by Crippen LogP contribution is -2.47. The van der Waals surface area contributed by atoms with E-state index in [1.165, 1.54) is 0 Å². The molecule has 0 saturated carbocycles. The summed E-state index contributed by atoms with van der Waals surface area (Å²) < 4.78 is 5.34. The largest absolute Gasteiger partial charge is 0.394 e. The van der Waals surface area contributed by atoms with Crippen LogP contribution in [-0.2, 0) is 4.74 Å². The Bertz CT molecular complexity index is 369. The predicted octanol–water partition coefficient (Wildman–Crippen LogP) is 0.722. The Labute approximate surface area is 107 Å². The van der Waals surface area contributed by atoms with E-state index in [1.54, 1.807) is 6.20 Å². The lowest BCUT2D eigenvalue weighted by Gasteiger charge is -2.36. The van der Waals surface area contributed by atoms with Crippen molar-refractivity contribution in [2.24, 2.45) is 0 Å². The van der Waals surface area contributed by atoms with Crippen LogP contribution in [0.2, 0.25) is 0 Å². The summed E-state index contributed by atoms with van der Waals surface area (Å²) >= 11 is 0. The van der Waals surface area contributed by atoms with Gasteiger partial charge in [0.05, 0.1) is 49.5 Å². The molecule has 0 bridgehead atoms. The van der Waals surface area contributed by atoms with Crippen molar-refractivity contribution >= 4 is 5.69 Å². The summed E-state index contributed by atoms with van der Waals surface area (Å²) in [5, 5.41) is 19.0. The summed E-state index contributed by atoms with van der Waals surface area (Å²) in [5.74, 6) is 0. The number of morpholine rings is 1. The van der Waals surface area contributed by atoms with Gasteiger partial charge in [-0.25, -0.2) is 0 Å². The number of nitrogens with zero attached hydrogens (tertiary/aromatic N) is 2. The number of anilines is 1. The van der Waals surface area contributed by atoms with E-state index in [0.717, 1.165) is 12.2 Å². The first kappa shape index (κ1) is 13.3. The summed E-state index contributed by atoms with van der Waals surface area (Å²) in [6.45, 7) is 3.94. The SMILES string of the molecule is CC[C@@H](O)c1ccc(N2CCOCC2CO)cn1. The summed E-state index contributed by atoms with van der Waals surface area (Å²) in [7, 11) is 0. The van der Waals surface area contributed by atoms with Gasteiger partial charge in [-0.1, -0.05) is 6.92 Å². The van der Waals surface area contributed by atoms with Gasteiger partial charge in [0.15, 0.2) is 0 Å². The molecule has 5 nitrogen and oxygen atoms in total. The molecule has 0 spiro atoms. The van der Waals surface area contributed by atoms with Crippen molar-refractivity contribution in [3.8, 4) is 0 Å². The topological polar surface area (TPSA) is 65.8 Å². The lowest BCUT2D eigenvalue weighted by molar-refractivity contribution is 0.0726. The summed E-state index contributed by atoms with van der Waals surface area (Å²) in [5.41, 5.74) is 1.65. The minimum absolute atomic E-state index is 0.0116. The molecule has 0 aromatic carbocycles. The highest BCUT2D eigenvalue weighted by Gasteiger charge is 2.22. The van der Waals surface area contributed by atoms with E-state index in [4.69, 9.17) is 4.74 Å². The molecule has 1 aliphatic rings. The zero-order valence-electron chi connectivity index (χ0n) is 10.6. The first-order chi connectivity index (χ1) is 8.76. The molecule has 0 aliphatic carbocycles. The maximum absolute atomic E-state index is 9.69. The molecule has 18 heavy (non-hydrogen) atoms. The highest BCUT2D eigenvalue weighted by atomic mass is 16.5. The molecule has 1 fully saturated rings. The number of pyridine rings is 1. The van der Waals surface area contributed by atoms with Crippen LogP contribution in [-0.4, -0.2) is 47.6 Å². The standard InChI is InChI=1S/C13H20N2O3/c1-2-13(17)12-4-3-10(7-14-12)15-5-6-18-9-11(15)8-16/h3-4,7,11,13,16-17H,2,5-6,8-9H2,1H3/t11?,13-/m1/s1. The van der Waals surface area contributed by atoms with E-state index in [0.29, 0.717) is 25.3 Å². The molecule has 1 aromatic rings. The van der Waals surface area contributed by atoms with Gasteiger partial charge in [0, 0.05) is 6.54 Å². The van der Waals surface area contributed by atoms with E-state index < -0.39 is 6.10 Å². The van der Waals surface area contributed by atoms with Crippen molar-refractivity contribution in [3.05, 3.63) is 24.0 Å². The van der Waals surface area contributed by atoms with Gasteiger partial charge in [0.1, 0.15) is 0 Å². The smallest absolute Gasteiger partial charge is 0.0957 e.